The number of aliphatic hydroxyl groups is 1. The number of aromatic nitrogens is 1. The van der Waals surface area contributed by atoms with Gasteiger partial charge in [0.2, 0.25) is 0 Å². The number of fused-ring (bicyclic) bond motifs is 1. The van der Waals surface area contributed by atoms with Gasteiger partial charge < -0.3 is 19.4 Å². The second-order valence-corrected chi connectivity index (χ2v) is 4.25. The molecule has 0 spiro atoms. The molecule has 0 aliphatic carbocycles. The third kappa shape index (κ3) is 2.50. The molecule has 1 unspecified atom stereocenters. The van der Waals surface area contributed by atoms with Gasteiger partial charge in [-0.15, -0.1) is 0 Å². The predicted molar refractivity (Wildman–Crippen MR) is 63.8 cm³/mol. The minimum Gasteiger partial charge on any atom is -0.463 e. The van der Waals surface area contributed by atoms with Crippen molar-refractivity contribution in [2.45, 2.75) is 19.4 Å². The van der Waals surface area contributed by atoms with Gasteiger partial charge in [-0.2, -0.15) is 0 Å². The van der Waals surface area contributed by atoms with Gasteiger partial charge in [0.05, 0.1) is 17.9 Å². The topological polar surface area (TPSA) is 69.5 Å². The molecule has 1 atom stereocenters. The SMILES string of the molecule is CC(O)CCN(C)C(=O)c1cc2occc2[nH]1. The molecule has 5 nitrogen and oxygen atoms in total. The number of carbonyl (C=O) groups excluding carboxylic acids is 1. The summed E-state index contributed by atoms with van der Waals surface area (Å²) in [6.45, 7) is 2.23. The van der Waals surface area contributed by atoms with E-state index in [1.165, 1.54) is 0 Å². The fourth-order valence-corrected chi connectivity index (χ4v) is 1.65. The van der Waals surface area contributed by atoms with E-state index in [2.05, 4.69) is 4.98 Å². The Labute approximate surface area is 99.0 Å². The summed E-state index contributed by atoms with van der Waals surface area (Å²) in [4.78, 5) is 16.6. The Morgan fingerprint density at radius 3 is 3.06 bits per heavy atom. The lowest BCUT2D eigenvalue weighted by atomic mass is 10.2. The lowest BCUT2D eigenvalue weighted by Crippen LogP contribution is -2.29. The molecule has 0 saturated heterocycles. The van der Waals surface area contributed by atoms with E-state index in [0.29, 0.717) is 24.2 Å². The van der Waals surface area contributed by atoms with Crippen LogP contribution in [0.4, 0.5) is 0 Å². The van der Waals surface area contributed by atoms with Crippen LogP contribution in [0.2, 0.25) is 0 Å². The van der Waals surface area contributed by atoms with Crippen molar-refractivity contribution < 1.29 is 14.3 Å². The van der Waals surface area contributed by atoms with Gasteiger partial charge in [-0.3, -0.25) is 4.79 Å². The number of aromatic amines is 1. The Morgan fingerprint density at radius 1 is 1.65 bits per heavy atom. The first-order chi connectivity index (χ1) is 8.08. The number of aliphatic hydroxyl groups excluding tert-OH is 1. The zero-order chi connectivity index (χ0) is 12.4. The third-order valence-electron chi connectivity index (χ3n) is 2.70. The van der Waals surface area contributed by atoms with Crippen LogP contribution in [0, 0.1) is 0 Å². The maximum absolute atomic E-state index is 12.0. The molecule has 5 heteroatoms. The summed E-state index contributed by atoms with van der Waals surface area (Å²) in [6, 6.07) is 3.47. The highest BCUT2D eigenvalue weighted by atomic mass is 16.3. The summed E-state index contributed by atoms with van der Waals surface area (Å²) in [7, 11) is 1.72. The van der Waals surface area contributed by atoms with Crippen LogP contribution in [0.15, 0.2) is 22.8 Å². The van der Waals surface area contributed by atoms with Gasteiger partial charge in [0.1, 0.15) is 5.69 Å². The van der Waals surface area contributed by atoms with Gasteiger partial charge in [0, 0.05) is 25.7 Å². The molecule has 0 radical (unpaired) electrons. The molecule has 2 N–H and O–H groups in total. The molecular formula is C12H16N2O3. The number of hydrogen-bond donors (Lipinski definition) is 2. The number of carbonyl (C=O) groups is 1. The maximum Gasteiger partial charge on any atom is 0.270 e. The van der Waals surface area contributed by atoms with Crippen LogP contribution in [-0.2, 0) is 0 Å². The van der Waals surface area contributed by atoms with Crippen molar-refractivity contribution >= 4 is 17.0 Å². The monoisotopic (exact) mass is 236 g/mol. The van der Waals surface area contributed by atoms with Crippen molar-refractivity contribution in [3.05, 3.63) is 24.1 Å². The smallest absolute Gasteiger partial charge is 0.270 e. The van der Waals surface area contributed by atoms with Crippen LogP contribution in [-0.4, -0.2) is 40.6 Å². The van der Waals surface area contributed by atoms with Crippen LogP contribution in [0.1, 0.15) is 23.8 Å². The van der Waals surface area contributed by atoms with E-state index in [-0.39, 0.29) is 5.91 Å². The van der Waals surface area contributed by atoms with Gasteiger partial charge in [-0.25, -0.2) is 0 Å². The van der Waals surface area contributed by atoms with Gasteiger partial charge in [-0.1, -0.05) is 0 Å². The van der Waals surface area contributed by atoms with Crippen LogP contribution >= 0.6 is 0 Å². The van der Waals surface area contributed by atoms with Gasteiger partial charge in [-0.05, 0) is 13.3 Å². The second kappa shape index (κ2) is 4.63. The van der Waals surface area contributed by atoms with E-state index in [9.17, 15) is 9.90 Å². The Hall–Kier alpha value is -1.75. The fraction of sp³-hybridized carbons (Fsp3) is 0.417. The molecule has 0 aliphatic rings. The molecule has 0 saturated carbocycles. The number of nitrogens with zero attached hydrogens (tertiary/aromatic N) is 1. The second-order valence-electron chi connectivity index (χ2n) is 4.25. The normalized spacial score (nSPS) is 12.9. The minimum absolute atomic E-state index is 0.1000. The largest absolute Gasteiger partial charge is 0.463 e. The Bertz CT molecular complexity index is 484. The molecule has 2 aromatic heterocycles. The number of H-pyrrole nitrogens is 1. The van der Waals surface area contributed by atoms with Crippen molar-refractivity contribution in [1.29, 1.82) is 0 Å². The summed E-state index contributed by atoms with van der Waals surface area (Å²) in [5.74, 6) is -0.1000. The Kier molecular flexibility index (Phi) is 3.19. The summed E-state index contributed by atoms with van der Waals surface area (Å²) in [6.07, 6.45) is 1.75. The summed E-state index contributed by atoms with van der Waals surface area (Å²) < 4.78 is 5.18. The number of amides is 1. The van der Waals surface area contributed by atoms with Gasteiger partial charge in [0.25, 0.3) is 5.91 Å². The van der Waals surface area contributed by atoms with Crippen molar-refractivity contribution in [1.82, 2.24) is 9.88 Å². The minimum atomic E-state index is -0.398. The third-order valence-corrected chi connectivity index (χ3v) is 2.70. The standard InChI is InChI=1S/C12H16N2O3/c1-8(15)3-5-14(2)12(16)10-7-11-9(13-10)4-6-17-11/h4,6-8,13,15H,3,5H2,1-2H3. The lowest BCUT2D eigenvalue weighted by molar-refractivity contribution is 0.0764. The molecule has 1 amide bonds. The van der Waals surface area contributed by atoms with Gasteiger partial charge >= 0.3 is 0 Å². The van der Waals surface area contributed by atoms with Crippen molar-refractivity contribution in [3.63, 3.8) is 0 Å². The molecule has 2 aromatic rings. The number of hydrogen-bond acceptors (Lipinski definition) is 3. The highest BCUT2D eigenvalue weighted by Gasteiger charge is 2.15. The van der Waals surface area contributed by atoms with Crippen molar-refractivity contribution in [2.24, 2.45) is 0 Å². The molecule has 2 rings (SSSR count). The number of rotatable bonds is 4. The molecule has 0 aromatic carbocycles. The molecule has 0 aliphatic heterocycles. The van der Waals surface area contributed by atoms with E-state index in [1.54, 1.807) is 37.3 Å². The molecule has 0 bridgehead atoms. The fourth-order valence-electron chi connectivity index (χ4n) is 1.65. The quantitative estimate of drug-likeness (QED) is 0.847. The molecule has 0 fully saturated rings. The van der Waals surface area contributed by atoms with Crippen LogP contribution in [0.3, 0.4) is 0 Å². The first-order valence-electron chi connectivity index (χ1n) is 5.57. The first-order valence-corrected chi connectivity index (χ1v) is 5.57. The first kappa shape index (κ1) is 11.7. The van der Waals surface area contributed by atoms with E-state index in [1.807, 2.05) is 0 Å². The van der Waals surface area contributed by atoms with Crippen molar-refractivity contribution in [2.75, 3.05) is 13.6 Å². The average Bonchev–Trinajstić information content (AvgIpc) is 2.84. The number of nitrogens with one attached hydrogen (secondary N) is 1. The maximum atomic E-state index is 12.0. The lowest BCUT2D eigenvalue weighted by Gasteiger charge is -2.16. The summed E-state index contributed by atoms with van der Waals surface area (Å²) >= 11 is 0. The summed E-state index contributed by atoms with van der Waals surface area (Å²) in [5.41, 5.74) is 2.00. The van der Waals surface area contributed by atoms with E-state index in [4.69, 9.17) is 4.42 Å². The van der Waals surface area contributed by atoms with E-state index in [0.717, 1.165) is 5.52 Å². The van der Waals surface area contributed by atoms with Crippen molar-refractivity contribution in [3.8, 4) is 0 Å². The van der Waals surface area contributed by atoms with Gasteiger partial charge in [0.15, 0.2) is 5.58 Å². The number of furan rings is 1. The summed E-state index contributed by atoms with van der Waals surface area (Å²) in [5, 5.41) is 9.17. The Balaban J connectivity index is 2.06. The zero-order valence-corrected chi connectivity index (χ0v) is 9.93. The average molecular weight is 236 g/mol. The highest BCUT2D eigenvalue weighted by Crippen LogP contribution is 2.17. The van der Waals surface area contributed by atoms with Crippen LogP contribution < -0.4 is 0 Å². The van der Waals surface area contributed by atoms with Crippen LogP contribution in [0.5, 0.6) is 0 Å². The van der Waals surface area contributed by atoms with E-state index < -0.39 is 6.10 Å². The highest BCUT2D eigenvalue weighted by molar-refractivity contribution is 5.96. The molecule has 17 heavy (non-hydrogen) atoms. The molecular weight excluding hydrogens is 220 g/mol. The predicted octanol–water partition coefficient (Wildman–Crippen LogP) is 1.60. The molecule has 92 valence electrons. The molecule has 2 heterocycles. The van der Waals surface area contributed by atoms with Crippen LogP contribution in [0.25, 0.3) is 11.1 Å². The van der Waals surface area contributed by atoms with E-state index >= 15 is 0 Å². The Morgan fingerprint density at radius 2 is 2.41 bits per heavy atom. The zero-order valence-electron chi connectivity index (χ0n) is 9.93.